The normalized spacial score (nSPS) is 29.7. The molecule has 2 aromatic rings. The Hall–Kier alpha value is -2.99. The first-order chi connectivity index (χ1) is 17.9. The molecule has 0 unspecified atom stereocenters. The number of benzene rings is 1. The number of amides is 1. The van der Waals surface area contributed by atoms with Crippen LogP contribution in [-0.4, -0.2) is 53.2 Å². The molecular formula is C26H29F5N2O5. The maximum atomic E-state index is 14.5. The summed E-state index contributed by atoms with van der Waals surface area (Å²) in [4.78, 5) is 17.4. The van der Waals surface area contributed by atoms with Crippen LogP contribution in [0.4, 0.5) is 27.6 Å². The van der Waals surface area contributed by atoms with Crippen LogP contribution in [0.3, 0.4) is 0 Å². The van der Waals surface area contributed by atoms with Crippen LogP contribution >= 0.6 is 0 Å². The van der Waals surface area contributed by atoms with Crippen molar-refractivity contribution >= 4 is 11.6 Å². The number of aliphatic hydroxyl groups excluding tert-OH is 1. The Morgan fingerprint density at radius 2 is 1.92 bits per heavy atom. The minimum Gasteiger partial charge on any atom is -0.493 e. The van der Waals surface area contributed by atoms with Crippen molar-refractivity contribution in [1.29, 1.82) is 0 Å². The van der Waals surface area contributed by atoms with E-state index in [1.54, 1.807) is 0 Å². The summed E-state index contributed by atoms with van der Waals surface area (Å²) >= 11 is 0. The van der Waals surface area contributed by atoms with Gasteiger partial charge in [-0.15, -0.1) is 0 Å². The first-order valence-corrected chi connectivity index (χ1v) is 12.3. The summed E-state index contributed by atoms with van der Waals surface area (Å²) in [5.74, 6) is -6.74. The van der Waals surface area contributed by atoms with E-state index in [2.05, 4.69) is 10.3 Å². The molecule has 2 heterocycles. The zero-order valence-corrected chi connectivity index (χ0v) is 21.0. The summed E-state index contributed by atoms with van der Waals surface area (Å²) in [6, 6.07) is 4.66. The molecule has 1 aromatic carbocycles. The topological polar surface area (TPSA) is 89.9 Å². The quantitative estimate of drug-likeness (QED) is 0.491. The highest BCUT2D eigenvalue weighted by molar-refractivity contribution is 5.95. The van der Waals surface area contributed by atoms with Crippen molar-refractivity contribution in [2.75, 3.05) is 12.4 Å². The molecule has 6 atom stereocenters. The van der Waals surface area contributed by atoms with Crippen molar-refractivity contribution in [3.8, 4) is 11.6 Å². The van der Waals surface area contributed by atoms with Gasteiger partial charge in [0.05, 0.1) is 13.2 Å². The number of pyridine rings is 1. The maximum absolute atomic E-state index is 14.5. The Kier molecular flexibility index (Phi) is 7.85. The second-order valence-corrected chi connectivity index (χ2v) is 9.82. The number of rotatable bonds is 6. The molecule has 0 spiro atoms. The summed E-state index contributed by atoms with van der Waals surface area (Å²) in [6.45, 7) is 2.05. The number of anilines is 1. The third-order valence-corrected chi connectivity index (χ3v) is 7.51. The molecule has 2 aliphatic rings. The van der Waals surface area contributed by atoms with Gasteiger partial charge in [0.15, 0.2) is 17.2 Å². The molecule has 0 bridgehead atoms. The molecule has 1 aliphatic heterocycles. The number of hydrogen-bond acceptors (Lipinski definition) is 6. The van der Waals surface area contributed by atoms with E-state index >= 15 is 0 Å². The minimum atomic E-state index is -4.87. The predicted octanol–water partition coefficient (Wildman–Crippen LogP) is 5.13. The van der Waals surface area contributed by atoms with Crippen LogP contribution < -0.4 is 14.8 Å². The van der Waals surface area contributed by atoms with Crippen molar-refractivity contribution in [3.63, 3.8) is 0 Å². The number of alkyl halides is 3. The lowest BCUT2D eigenvalue weighted by Gasteiger charge is -2.32. The van der Waals surface area contributed by atoms with Gasteiger partial charge in [-0.3, -0.25) is 4.79 Å². The van der Waals surface area contributed by atoms with Crippen LogP contribution in [0, 0.1) is 17.6 Å². The molecule has 2 N–H and O–H groups in total. The van der Waals surface area contributed by atoms with E-state index in [-0.39, 0.29) is 17.1 Å². The van der Waals surface area contributed by atoms with Crippen molar-refractivity contribution < 1.29 is 46.1 Å². The fourth-order valence-electron chi connectivity index (χ4n) is 5.17. The van der Waals surface area contributed by atoms with E-state index in [9.17, 15) is 31.9 Å². The summed E-state index contributed by atoms with van der Waals surface area (Å²) < 4.78 is 86.8. The van der Waals surface area contributed by atoms with Crippen LogP contribution in [-0.2, 0) is 9.53 Å². The van der Waals surface area contributed by atoms with E-state index in [0.717, 1.165) is 39.0 Å². The second-order valence-electron chi connectivity index (χ2n) is 9.82. The SMILES string of the molecule is COc1c([C@H]2[C@H](C(=O)Nc3ccnc(O[C@@H]4CCCC[C@@H]4O)c3)O[C@@](C)(C(F)(F)F)[C@H]2C)ccc(F)c1F. The fraction of sp³-hybridized carbons (Fsp3) is 0.538. The Morgan fingerprint density at radius 3 is 2.58 bits per heavy atom. The van der Waals surface area contributed by atoms with Crippen LogP contribution in [0.1, 0.15) is 51.0 Å². The van der Waals surface area contributed by atoms with Gasteiger partial charge in [-0.2, -0.15) is 17.6 Å². The van der Waals surface area contributed by atoms with E-state index < -0.39 is 65.2 Å². The average Bonchev–Trinajstić information content (AvgIpc) is 3.14. The fourth-order valence-corrected chi connectivity index (χ4v) is 5.17. The van der Waals surface area contributed by atoms with Gasteiger partial charge in [0.25, 0.3) is 5.91 Å². The third-order valence-electron chi connectivity index (χ3n) is 7.51. The van der Waals surface area contributed by atoms with E-state index in [0.29, 0.717) is 12.8 Å². The lowest BCUT2D eigenvalue weighted by atomic mass is 9.77. The first kappa shape index (κ1) is 28.0. The van der Waals surface area contributed by atoms with Gasteiger partial charge in [-0.25, -0.2) is 9.37 Å². The van der Waals surface area contributed by atoms with Gasteiger partial charge >= 0.3 is 6.18 Å². The number of nitrogens with zero attached hydrogens (tertiary/aromatic N) is 1. The number of aromatic nitrogens is 1. The largest absolute Gasteiger partial charge is 0.493 e. The lowest BCUT2D eigenvalue weighted by molar-refractivity contribution is -0.272. The molecule has 1 saturated carbocycles. The Balaban J connectivity index is 1.64. The average molecular weight is 545 g/mol. The zero-order chi connectivity index (χ0) is 27.8. The molecule has 38 heavy (non-hydrogen) atoms. The smallest absolute Gasteiger partial charge is 0.417 e. The molecule has 208 valence electrons. The third kappa shape index (κ3) is 5.15. The number of aliphatic hydroxyl groups is 1. The van der Waals surface area contributed by atoms with Crippen molar-refractivity contribution in [2.45, 2.75) is 75.5 Å². The van der Waals surface area contributed by atoms with E-state index in [1.165, 1.54) is 25.3 Å². The summed E-state index contributed by atoms with van der Waals surface area (Å²) in [5, 5.41) is 12.7. The Labute approximate surface area is 216 Å². The highest BCUT2D eigenvalue weighted by atomic mass is 19.4. The predicted molar refractivity (Wildman–Crippen MR) is 126 cm³/mol. The molecule has 1 aromatic heterocycles. The molecule has 2 fully saturated rings. The molecule has 1 aliphatic carbocycles. The van der Waals surface area contributed by atoms with E-state index in [1.807, 2.05) is 0 Å². The lowest BCUT2D eigenvalue weighted by Crippen LogP contribution is -2.47. The van der Waals surface area contributed by atoms with Crippen molar-refractivity contribution in [2.24, 2.45) is 5.92 Å². The zero-order valence-electron chi connectivity index (χ0n) is 21.0. The van der Waals surface area contributed by atoms with Crippen LogP contribution in [0.15, 0.2) is 30.5 Å². The number of carbonyl (C=O) groups is 1. The number of methoxy groups -OCH3 is 1. The summed E-state index contributed by atoms with van der Waals surface area (Å²) in [5.41, 5.74) is -2.73. The maximum Gasteiger partial charge on any atom is 0.417 e. The van der Waals surface area contributed by atoms with Gasteiger partial charge in [0.2, 0.25) is 11.7 Å². The van der Waals surface area contributed by atoms with E-state index in [4.69, 9.17) is 14.2 Å². The molecule has 12 heteroatoms. The molecule has 1 saturated heterocycles. The Morgan fingerprint density at radius 1 is 1.21 bits per heavy atom. The molecule has 7 nitrogen and oxygen atoms in total. The monoisotopic (exact) mass is 544 g/mol. The Bertz CT molecular complexity index is 1180. The van der Waals surface area contributed by atoms with Crippen LogP contribution in [0.5, 0.6) is 11.6 Å². The molecule has 0 radical (unpaired) electrons. The van der Waals surface area contributed by atoms with Gasteiger partial charge in [-0.05, 0) is 38.3 Å². The van der Waals surface area contributed by atoms with Crippen molar-refractivity contribution in [3.05, 3.63) is 47.7 Å². The van der Waals surface area contributed by atoms with Crippen LogP contribution in [0.25, 0.3) is 0 Å². The summed E-state index contributed by atoms with van der Waals surface area (Å²) in [7, 11) is 1.06. The molecule has 1 amide bonds. The number of carbonyl (C=O) groups excluding carboxylic acids is 1. The summed E-state index contributed by atoms with van der Waals surface area (Å²) in [6.07, 6.45) is -3.42. The van der Waals surface area contributed by atoms with Gasteiger partial charge in [0, 0.05) is 35.3 Å². The van der Waals surface area contributed by atoms with Crippen molar-refractivity contribution in [1.82, 2.24) is 4.98 Å². The number of nitrogens with one attached hydrogen (secondary N) is 1. The van der Waals surface area contributed by atoms with Gasteiger partial charge in [-0.1, -0.05) is 19.4 Å². The standard InChI is InChI=1S/C26H29F5N2O5/c1-13-20(15-8-9-16(27)21(28)22(15)36-3)23(38-25(13,2)26(29,30)31)24(35)33-14-10-11-32-19(12-14)37-18-7-5-4-6-17(18)34/h8-13,17-18,20,23,34H,4-7H2,1-3H3,(H,32,33,35)/t13-,17-,18+,20-,23+,25+/m0/s1. The van der Waals surface area contributed by atoms with Gasteiger partial charge < -0.3 is 24.6 Å². The number of ether oxygens (including phenoxy) is 3. The first-order valence-electron chi connectivity index (χ1n) is 12.3. The van der Waals surface area contributed by atoms with Gasteiger partial charge in [0.1, 0.15) is 12.2 Å². The molecular weight excluding hydrogens is 515 g/mol. The van der Waals surface area contributed by atoms with Crippen LogP contribution in [0.2, 0.25) is 0 Å². The minimum absolute atomic E-state index is 0.119. The number of hydrogen-bond donors (Lipinski definition) is 2. The number of halogens is 5. The second kappa shape index (κ2) is 10.6. The highest BCUT2D eigenvalue weighted by Gasteiger charge is 2.65. The molecule has 4 rings (SSSR count). The highest BCUT2D eigenvalue weighted by Crippen LogP contribution is 2.55.